The van der Waals surface area contributed by atoms with E-state index < -0.39 is 0 Å². The van der Waals surface area contributed by atoms with E-state index >= 15 is 0 Å². The lowest BCUT2D eigenvalue weighted by Crippen LogP contribution is -2.48. The summed E-state index contributed by atoms with van der Waals surface area (Å²) in [5.41, 5.74) is 1.84. The van der Waals surface area contributed by atoms with E-state index in [4.69, 9.17) is 19.2 Å². The highest BCUT2D eigenvalue weighted by Crippen LogP contribution is 2.38. The lowest BCUT2D eigenvalue weighted by Gasteiger charge is -2.34. The van der Waals surface area contributed by atoms with Crippen LogP contribution in [0.15, 0.2) is 53.1 Å². The normalized spacial score (nSPS) is 17.7. The van der Waals surface area contributed by atoms with Crippen molar-refractivity contribution < 1.29 is 19.0 Å². The number of carbonyl (C=O) groups excluding carboxylic acids is 1. The third kappa shape index (κ3) is 7.32. The number of hydrogen-bond donors (Lipinski definition) is 1. The fraction of sp³-hybridized carbons (Fsp3) is 0.452. The lowest BCUT2D eigenvalue weighted by atomic mass is 10.1. The minimum atomic E-state index is -0.0579. The third-order valence-corrected chi connectivity index (χ3v) is 8.49. The molecule has 224 valence electrons. The van der Waals surface area contributed by atoms with Gasteiger partial charge in [0.15, 0.2) is 11.5 Å². The highest BCUT2D eigenvalue weighted by atomic mass is 79.9. The number of aromatic nitrogens is 2. The van der Waals surface area contributed by atoms with E-state index in [1.165, 1.54) is 18.4 Å². The summed E-state index contributed by atoms with van der Waals surface area (Å²) in [5, 5.41) is 3.55. The summed E-state index contributed by atoms with van der Waals surface area (Å²) in [4.78, 5) is 29.3. The van der Waals surface area contributed by atoms with E-state index in [1.807, 2.05) is 17.2 Å². The maximum atomic E-state index is 13.3. The number of halogens is 1. The number of piperazine rings is 1. The summed E-state index contributed by atoms with van der Waals surface area (Å²) < 4.78 is 17.3. The van der Waals surface area contributed by atoms with Crippen LogP contribution in [0.3, 0.4) is 0 Å². The van der Waals surface area contributed by atoms with Crippen LogP contribution in [0.2, 0.25) is 0 Å². The Balaban J connectivity index is 1.12. The van der Waals surface area contributed by atoms with E-state index in [-0.39, 0.29) is 5.91 Å². The van der Waals surface area contributed by atoms with Crippen molar-refractivity contribution in [3.63, 3.8) is 0 Å². The van der Waals surface area contributed by atoms with Gasteiger partial charge in [-0.2, -0.15) is 0 Å². The van der Waals surface area contributed by atoms with Gasteiger partial charge in [0.2, 0.25) is 5.75 Å². The highest BCUT2D eigenvalue weighted by Gasteiger charge is 2.26. The molecule has 2 fully saturated rings. The van der Waals surface area contributed by atoms with Crippen LogP contribution in [0.4, 0.5) is 5.82 Å². The second-order valence-electron chi connectivity index (χ2n) is 10.6. The molecule has 5 rings (SSSR count). The number of nitrogens with zero attached hydrogens (tertiary/aromatic N) is 5. The van der Waals surface area contributed by atoms with Crippen LogP contribution in [0.5, 0.6) is 17.2 Å². The minimum absolute atomic E-state index is 0.0579. The summed E-state index contributed by atoms with van der Waals surface area (Å²) in [6.45, 7) is 6.28. The molecule has 2 aliphatic rings. The molecule has 3 aromatic rings. The predicted octanol–water partition coefficient (Wildman–Crippen LogP) is 4.30. The number of rotatable bonds is 11. The van der Waals surface area contributed by atoms with Gasteiger partial charge in [-0.1, -0.05) is 28.1 Å². The van der Waals surface area contributed by atoms with E-state index in [9.17, 15) is 4.79 Å². The van der Waals surface area contributed by atoms with Crippen LogP contribution < -0.4 is 19.5 Å². The molecule has 0 aliphatic carbocycles. The molecule has 1 N–H and O–H groups in total. The summed E-state index contributed by atoms with van der Waals surface area (Å²) in [5.74, 6) is 2.98. The minimum Gasteiger partial charge on any atom is -0.493 e. The summed E-state index contributed by atoms with van der Waals surface area (Å²) in [7, 11) is 4.64. The zero-order valence-electron chi connectivity index (χ0n) is 24.5. The molecule has 42 heavy (non-hydrogen) atoms. The summed E-state index contributed by atoms with van der Waals surface area (Å²) in [6.07, 6.45) is 4.22. The molecule has 1 aromatic heterocycles. The van der Waals surface area contributed by atoms with Gasteiger partial charge < -0.3 is 24.4 Å². The Kier molecular flexibility index (Phi) is 10.1. The molecule has 2 aromatic carbocycles. The molecule has 2 saturated heterocycles. The first-order valence-electron chi connectivity index (χ1n) is 14.3. The number of carbonyl (C=O) groups is 1. The molecular weight excluding hydrogens is 600 g/mol. The average Bonchev–Trinajstić information content (AvgIpc) is 3.47. The van der Waals surface area contributed by atoms with Gasteiger partial charge in [-0.05, 0) is 55.3 Å². The Morgan fingerprint density at radius 1 is 0.952 bits per heavy atom. The summed E-state index contributed by atoms with van der Waals surface area (Å²) in [6, 6.07) is 14.4. The van der Waals surface area contributed by atoms with Gasteiger partial charge >= 0.3 is 0 Å². The van der Waals surface area contributed by atoms with Gasteiger partial charge in [0.25, 0.3) is 5.91 Å². The Labute approximate surface area is 256 Å². The lowest BCUT2D eigenvalue weighted by molar-refractivity contribution is 0.0624. The van der Waals surface area contributed by atoms with E-state index in [2.05, 4.69) is 60.3 Å². The fourth-order valence-corrected chi connectivity index (χ4v) is 5.92. The first kappa shape index (κ1) is 30.1. The van der Waals surface area contributed by atoms with Crippen molar-refractivity contribution >= 4 is 27.7 Å². The standard InChI is InChI=1S/C31H39BrN6O4/c1-40-26-17-23(18-27(41-2)30(26)42-3)31(39)37-15-13-36(14-16-37)21-29-33-11-10-28(35-29)34-19-25-5-4-12-38(25)20-22-6-8-24(32)9-7-22/h6-11,17-18,25H,4-5,12-16,19-21H2,1-3H3,(H,33,34,35)/t25-/m0/s1. The molecule has 0 spiro atoms. The van der Waals surface area contributed by atoms with Gasteiger partial charge in [0, 0.05) is 61.5 Å². The number of likely N-dealkylation sites (tertiary alicyclic amines) is 1. The molecule has 3 heterocycles. The molecule has 1 amide bonds. The van der Waals surface area contributed by atoms with Crippen molar-refractivity contribution in [1.29, 1.82) is 0 Å². The van der Waals surface area contributed by atoms with Crippen molar-refractivity contribution in [2.45, 2.75) is 32.0 Å². The molecular formula is C31H39BrN6O4. The predicted molar refractivity (Wildman–Crippen MR) is 165 cm³/mol. The molecule has 0 saturated carbocycles. The molecule has 10 nitrogen and oxygen atoms in total. The Hall–Kier alpha value is -3.41. The van der Waals surface area contributed by atoms with Crippen molar-refractivity contribution in [3.05, 3.63) is 70.1 Å². The summed E-state index contributed by atoms with van der Waals surface area (Å²) >= 11 is 3.52. The molecule has 1 atom stereocenters. The van der Waals surface area contributed by atoms with E-state index in [0.29, 0.717) is 48.5 Å². The van der Waals surface area contributed by atoms with Crippen LogP contribution in [-0.2, 0) is 13.1 Å². The number of hydrogen-bond acceptors (Lipinski definition) is 9. The van der Waals surface area contributed by atoms with E-state index in [0.717, 1.165) is 48.8 Å². The SMILES string of the molecule is COc1cc(C(=O)N2CCN(Cc3nccc(NC[C@@H]4CCCN4Cc4ccc(Br)cc4)n3)CC2)cc(OC)c1OC. The zero-order valence-corrected chi connectivity index (χ0v) is 26.1. The van der Waals surface area contributed by atoms with Gasteiger partial charge in [-0.3, -0.25) is 14.6 Å². The van der Waals surface area contributed by atoms with Crippen LogP contribution in [0.1, 0.15) is 34.6 Å². The number of anilines is 1. The molecule has 0 unspecified atom stereocenters. The van der Waals surface area contributed by atoms with Gasteiger partial charge in [0.05, 0.1) is 27.9 Å². The fourth-order valence-electron chi connectivity index (χ4n) is 5.65. The van der Waals surface area contributed by atoms with Gasteiger partial charge in [-0.15, -0.1) is 0 Å². The van der Waals surface area contributed by atoms with Crippen molar-refractivity contribution in [2.24, 2.45) is 0 Å². The maximum absolute atomic E-state index is 13.3. The molecule has 2 aliphatic heterocycles. The van der Waals surface area contributed by atoms with Crippen molar-refractivity contribution in [2.75, 3.05) is 65.9 Å². The van der Waals surface area contributed by atoms with Gasteiger partial charge in [-0.25, -0.2) is 9.97 Å². The van der Waals surface area contributed by atoms with Gasteiger partial charge in [0.1, 0.15) is 11.6 Å². The van der Waals surface area contributed by atoms with Crippen LogP contribution in [0.25, 0.3) is 0 Å². The molecule has 0 bridgehead atoms. The quantitative estimate of drug-likeness (QED) is 0.330. The topological polar surface area (TPSA) is 92.3 Å². The van der Waals surface area contributed by atoms with Crippen molar-refractivity contribution in [3.8, 4) is 17.2 Å². The van der Waals surface area contributed by atoms with Crippen LogP contribution in [0, 0.1) is 0 Å². The monoisotopic (exact) mass is 638 g/mol. The average molecular weight is 640 g/mol. The number of benzene rings is 2. The van der Waals surface area contributed by atoms with Crippen LogP contribution in [-0.4, -0.2) is 97.2 Å². The van der Waals surface area contributed by atoms with Crippen molar-refractivity contribution in [1.82, 2.24) is 24.7 Å². The number of nitrogens with one attached hydrogen (secondary N) is 1. The number of ether oxygens (including phenoxy) is 3. The molecule has 0 radical (unpaired) electrons. The van der Waals surface area contributed by atoms with Crippen LogP contribution >= 0.6 is 15.9 Å². The largest absolute Gasteiger partial charge is 0.493 e. The Morgan fingerprint density at radius 2 is 1.67 bits per heavy atom. The maximum Gasteiger partial charge on any atom is 0.254 e. The Morgan fingerprint density at radius 3 is 2.33 bits per heavy atom. The molecule has 11 heteroatoms. The van der Waals surface area contributed by atoms with E-state index in [1.54, 1.807) is 33.5 Å². The number of amides is 1. The smallest absolute Gasteiger partial charge is 0.254 e. The first-order valence-corrected chi connectivity index (χ1v) is 15.1. The highest BCUT2D eigenvalue weighted by molar-refractivity contribution is 9.10. The Bertz CT molecular complexity index is 1320. The zero-order chi connectivity index (χ0) is 29.5. The number of methoxy groups -OCH3 is 3. The second-order valence-corrected chi connectivity index (χ2v) is 11.5. The third-order valence-electron chi connectivity index (χ3n) is 7.96. The second kappa shape index (κ2) is 14.2. The first-order chi connectivity index (χ1) is 20.5.